The van der Waals surface area contributed by atoms with Gasteiger partial charge in [0.2, 0.25) is 0 Å². The Bertz CT molecular complexity index is 478. The third kappa shape index (κ3) is 3.38. The van der Waals surface area contributed by atoms with E-state index in [1.807, 2.05) is 0 Å². The maximum Gasteiger partial charge on any atom is 0.251 e. The highest BCUT2D eigenvalue weighted by Gasteiger charge is 2.04. The van der Waals surface area contributed by atoms with Crippen molar-refractivity contribution in [3.8, 4) is 0 Å². The molecule has 0 heterocycles. The summed E-state index contributed by atoms with van der Waals surface area (Å²) in [5, 5.41) is 9.77. The van der Waals surface area contributed by atoms with E-state index >= 15 is 0 Å². The second kappa shape index (κ2) is 6.37. The molecule has 0 radical (unpaired) electrons. The maximum atomic E-state index is 11.9. The fourth-order valence-corrected chi connectivity index (χ4v) is 1.35. The molecule has 1 amide bonds. The van der Waals surface area contributed by atoms with Crippen LogP contribution in [0.4, 0.5) is 4.39 Å². The monoisotopic (exact) mass is 232 g/mol. The molecule has 0 spiro atoms. The zero-order valence-corrected chi connectivity index (χ0v) is 9.41. The summed E-state index contributed by atoms with van der Waals surface area (Å²) < 4.78 is 11.9. The van der Waals surface area contributed by atoms with Crippen LogP contribution in [0.15, 0.2) is 42.7 Å². The molecule has 0 saturated heterocycles. The van der Waals surface area contributed by atoms with Crippen molar-refractivity contribution in [3.05, 3.63) is 53.9 Å². The molecule has 1 aromatic carbocycles. The Morgan fingerprint density at radius 3 is 2.71 bits per heavy atom. The minimum atomic E-state index is -0.197. The van der Waals surface area contributed by atoms with Gasteiger partial charge in [-0.2, -0.15) is 0 Å². The molecule has 2 N–H and O–H groups in total. The van der Waals surface area contributed by atoms with Gasteiger partial charge in [-0.05, 0) is 29.3 Å². The number of nitrogens with one attached hydrogen (secondary N) is 2. The summed E-state index contributed by atoms with van der Waals surface area (Å²) in [5.41, 5.74) is 1.73. The number of allylic oxidation sites excluding steroid dienone is 3. The molecule has 0 saturated carbocycles. The average Bonchev–Trinajstić information content (AvgIpc) is 2.39. The second-order valence-corrected chi connectivity index (χ2v) is 3.24. The molecular formula is C13H13FN2O. The van der Waals surface area contributed by atoms with Crippen LogP contribution in [-0.2, 0) is 0 Å². The zero-order valence-electron chi connectivity index (χ0n) is 9.41. The van der Waals surface area contributed by atoms with Crippen LogP contribution in [0, 0.1) is 5.41 Å². The van der Waals surface area contributed by atoms with Crippen molar-refractivity contribution in [2.75, 3.05) is 7.05 Å². The predicted octanol–water partition coefficient (Wildman–Crippen LogP) is 2.56. The molecule has 4 heteroatoms. The third-order valence-corrected chi connectivity index (χ3v) is 2.19. The highest BCUT2D eigenvalue weighted by molar-refractivity contribution is 6.09. The minimum absolute atomic E-state index is 0.197. The van der Waals surface area contributed by atoms with E-state index in [9.17, 15) is 9.18 Å². The van der Waals surface area contributed by atoms with Gasteiger partial charge in [-0.15, -0.1) is 0 Å². The molecule has 0 aromatic heterocycles. The number of rotatable bonds is 4. The Hall–Kier alpha value is -2.23. The summed E-state index contributed by atoms with van der Waals surface area (Å²) in [4.78, 5) is 11.4. The van der Waals surface area contributed by atoms with E-state index in [2.05, 4.69) is 5.32 Å². The molecule has 1 aromatic rings. The number of hydrogen-bond acceptors (Lipinski definition) is 2. The summed E-state index contributed by atoms with van der Waals surface area (Å²) in [6.45, 7) is 0. The SMILES string of the molecule is CNC(=O)c1cccc(/C(C=N)=C/C=C/F)c1. The van der Waals surface area contributed by atoms with E-state index in [0.29, 0.717) is 23.0 Å². The van der Waals surface area contributed by atoms with Crippen LogP contribution in [0.1, 0.15) is 15.9 Å². The van der Waals surface area contributed by atoms with Crippen LogP contribution in [0.2, 0.25) is 0 Å². The van der Waals surface area contributed by atoms with E-state index in [4.69, 9.17) is 5.41 Å². The minimum Gasteiger partial charge on any atom is -0.355 e. The Labute approximate surface area is 99.2 Å². The molecule has 88 valence electrons. The van der Waals surface area contributed by atoms with Crippen LogP contribution < -0.4 is 5.32 Å². The van der Waals surface area contributed by atoms with Gasteiger partial charge in [-0.25, -0.2) is 4.39 Å². The van der Waals surface area contributed by atoms with Crippen molar-refractivity contribution in [1.82, 2.24) is 5.32 Å². The first kappa shape index (κ1) is 12.8. The molecular weight excluding hydrogens is 219 g/mol. The van der Waals surface area contributed by atoms with E-state index in [1.165, 1.54) is 12.2 Å². The van der Waals surface area contributed by atoms with Crippen molar-refractivity contribution in [2.45, 2.75) is 0 Å². The fourth-order valence-electron chi connectivity index (χ4n) is 1.35. The van der Waals surface area contributed by atoms with Crippen LogP contribution in [0.3, 0.4) is 0 Å². The first-order valence-corrected chi connectivity index (χ1v) is 5.03. The lowest BCUT2D eigenvalue weighted by Crippen LogP contribution is -2.17. The molecule has 0 aliphatic rings. The molecule has 1 rings (SSSR count). The highest BCUT2D eigenvalue weighted by atomic mass is 19.1. The lowest BCUT2D eigenvalue weighted by Gasteiger charge is -2.04. The summed E-state index contributed by atoms with van der Waals surface area (Å²) in [7, 11) is 1.55. The van der Waals surface area contributed by atoms with Crippen molar-refractivity contribution >= 4 is 17.7 Å². The van der Waals surface area contributed by atoms with E-state index in [1.54, 1.807) is 31.3 Å². The van der Waals surface area contributed by atoms with Crippen molar-refractivity contribution in [2.24, 2.45) is 0 Å². The van der Waals surface area contributed by atoms with Gasteiger partial charge in [0.25, 0.3) is 5.91 Å². The standard InChI is InChI=1S/C13H13FN2O/c1-16-13(17)11-5-2-4-10(8-11)12(9-15)6-3-7-14/h2-9,15H,1H3,(H,16,17)/b7-3+,12-6+,15-9?. The van der Waals surface area contributed by atoms with Crippen LogP contribution in [-0.4, -0.2) is 19.2 Å². The van der Waals surface area contributed by atoms with Gasteiger partial charge in [0.05, 0.1) is 6.33 Å². The summed E-state index contributed by atoms with van der Waals surface area (Å²) in [5.74, 6) is -0.197. The molecule has 0 unspecified atom stereocenters. The maximum absolute atomic E-state index is 11.9. The predicted molar refractivity (Wildman–Crippen MR) is 66.8 cm³/mol. The van der Waals surface area contributed by atoms with Crippen LogP contribution >= 0.6 is 0 Å². The number of carbonyl (C=O) groups excluding carboxylic acids is 1. The summed E-state index contributed by atoms with van der Waals surface area (Å²) in [6, 6.07) is 6.81. The van der Waals surface area contributed by atoms with Crippen LogP contribution in [0.5, 0.6) is 0 Å². The van der Waals surface area contributed by atoms with Gasteiger partial charge in [0.15, 0.2) is 0 Å². The smallest absolute Gasteiger partial charge is 0.251 e. The van der Waals surface area contributed by atoms with Gasteiger partial charge < -0.3 is 10.7 Å². The average molecular weight is 232 g/mol. The zero-order chi connectivity index (χ0) is 12.7. The first-order valence-electron chi connectivity index (χ1n) is 5.03. The van der Waals surface area contributed by atoms with Crippen LogP contribution in [0.25, 0.3) is 5.57 Å². The number of halogens is 1. The second-order valence-electron chi connectivity index (χ2n) is 3.24. The summed E-state index contributed by atoms with van der Waals surface area (Å²) in [6.07, 6.45) is 4.18. The van der Waals surface area contributed by atoms with Crippen molar-refractivity contribution < 1.29 is 9.18 Å². The Balaban J connectivity index is 3.13. The van der Waals surface area contributed by atoms with E-state index in [-0.39, 0.29) is 5.91 Å². The van der Waals surface area contributed by atoms with E-state index < -0.39 is 0 Å². The largest absolute Gasteiger partial charge is 0.355 e. The summed E-state index contributed by atoms with van der Waals surface area (Å²) >= 11 is 0. The fraction of sp³-hybridized carbons (Fsp3) is 0.0769. The van der Waals surface area contributed by atoms with Gasteiger partial charge >= 0.3 is 0 Å². The normalized spacial score (nSPS) is 11.5. The first-order chi connectivity index (χ1) is 8.22. The lowest BCUT2D eigenvalue weighted by atomic mass is 10.0. The topological polar surface area (TPSA) is 53.0 Å². The van der Waals surface area contributed by atoms with E-state index in [0.717, 1.165) is 6.21 Å². The number of hydrogen-bond donors (Lipinski definition) is 2. The molecule has 0 aliphatic carbocycles. The number of carbonyl (C=O) groups is 1. The van der Waals surface area contributed by atoms with Gasteiger partial charge in [0, 0.05) is 18.8 Å². The van der Waals surface area contributed by atoms with Crippen molar-refractivity contribution in [3.63, 3.8) is 0 Å². The van der Waals surface area contributed by atoms with Gasteiger partial charge in [0.1, 0.15) is 0 Å². The molecule has 0 atom stereocenters. The Kier molecular flexibility index (Phi) is 4.81. The number of amides is 1. The quantitative estimate of drug-likeness (QED) is 0.608. The molecule has 0 aliphatic heterocycles. The van der Waals surface area contributed by atoms with Crippen molar-refractivity contribution in [1.29, 1.82) is 5.41 Å². The molecule has 0 fully saturated rings. The molecule has 0 bridgehead atoms. The van der Waals surface area contributed by atoms with Gasteiger partial charge in [-0.1, -0.05) is 18.2 Å². The Morgan fingerprint density at radius 1 is 1.41 bits per heavy atom. The Morgan fingerprint density at radius 2 is 2.12 bits per heavy atom. The third-order valence-electron chi connectivity index (χ3n) is 2.19. The highest BCUT2D eigenvalue weighted by Crippen LogP contribution is 2.14. The molecule has 17 heavy (non-hydrogen) atoms. The number of benzene rings is 1. The van der Waals surface area contributed by atoms with Gasteiger partial charge in [-0.3, -0.25) is 4.79 Å². The molecule has 3 nitrogen and oxygen atoms in total. The lowest BCUT2D eigenvalue weighted by molar-refractivity contribution is 0.0963.